The molecule has 4 nitrogen and oxygen atoms in total. The van der Waals surface area contributed by atoms with Crippen molar-refractivity contribution in [2.45, 2.75) is 39.0 Å². The maximum atomic E-state index is 10.8. The second kappa shape index (κ2) is 4.44. The van der Waals surface area contributed by atoms with Crippen LogP contribution in [0.4, 0.5) is 0 Å². The Hall–Kier alpha value is -1.06. The van der Waals surface area contributed by atoms with Crippen LogP contribution >= 0.6 is 0 Å². The highest BCUT2D eigenvalue weighted by molar-refractivity contribution is 5.73. The topological polar surface area (TPSA) is 66.4 Å². The molecule has 1 saturated carbocycles. The number of carboxylic acids is 1. The van der Waals surface area contributed by atoms with Crippen LogP contribution in [-0.2, 0) is 9.59 Å². The summed E-state index contributed by atoms with van der Waals surface area (Å²) in [5.41, 5.74) is -0.183. The highest BCUT2D eigenvalue weighted by Crippen LogP contribution is 2.40. The average Bonchev–Trinajstić information content (AvgIpc) is 2.49. The van der Waals surface area contributed by atoms with Crippen LogP contribution < -0.4 is 5.32 Å². The molecule has 14 heavy (non-hydrogen) atoms. The molecule has 1 amide bonds. The van der Waals surface area contributed by atoms with Crippen LogP contribution in [0.2, 0.25) is 0 Å². The number of carboxylic acid groups (broad SMARTS) is 1. The van der Waals surface area contributed by atoms with Gasteiger partial charge in [-0.25, -0.2) is 0 Å². The molecule has 0 heterocycles. The van der Waals surface area contributed by atoms with E-state index in [4.69, 9.17) is 5.11 Å². The van der Waals surface area contributed by atoms with Gasteiger partial charge in [0.2, 0.25) is 5.91 Å². The summed E-state index contributed by atoms with van der Waals surface area (Å²) in [6.07, 6.45) is 4.16. The summed E-state index contributed by atoms with van der Waals surface area (Å²) in [6, 6.07) is 0. The predicted octanol–water partition coefficient (Wildman–Crippen LogP) is 1.16. The van der Waals surface area contributed by atoms with E-state index in [9.17, 15) is 9.59 Å². The van der Waals surface area contributed by atoms with Gasteiger partial charge in [0, 0.05) is 13.5 Å². The number of carbonyl (C=O) groups is 2. The first-order valence-corrected chi connectivity index (χ1v) is 5.00. The lowest BCUT2D eigenvalue weighted by molar-refractivity contribution is -0.140. The zero-order valence-electron chi connectivity index (χ0n) is 8.51. The number of nitrogens with one attached hydrogen (secondary N) is 1. The lowest BCUT2D eigenvalue weighted by Crippen LogP contribution is -2.36. The third-order valence-electron chi connectivity index (χ3n) is 2.90. The van der Waals surface area contributed by atoms with Gasteiger partial charge in [0.15, 0.2) is 0 Å². The largest absolute Gasteiger partial charge is 0.481 e. The Kier molecular flexibility index (Phi) is 3.49. The standard InChI is InChI=1S/C10H17NO3/c1-8(12)11-7-10(6-9(13)14)4-2-3-5-10/h2-7H2,1H3,(H,11,12)(H,13,14). The van der Waals surface area contributed by atoms with Crippen molar-refractivity contribution in [3.05, 3.63) is 0 Å². The van der Waals surface area contributed by atoms with Gasteiger partial charge in [0.05, 0.1) is 6.42 Å². The van der Waals surface area contributed by atoms with Crippen LogP contribution in [0.15, 0.2) is 0 Å². The van der Waals surface area contributed by atoms with Crippen LogP contribution in [0.3, 0.4) is 0 Å². The van der Waals surface area contributed by atoms with Gasteiger partial charge in [-0.05, 0) is 18.3 Å². The van der Waals surface area contributed by atoms with E-state index in [1.165, 1.54) is 6.92 Å². The quantitative estimate of drug-likeness (QED) is 0.714. The lowest BCUT2D eigenvalue weighted by atomic mass is 9.82. The van der Waals surface area contributed by atoms with E-state index in [2.05, 4.69) is 5.32 Å². The van der Waals surface area contributed by atoms with Crippen LogP contribution in [0.25, 0.3) is 0 Å². The number of aliphatic carboxylic acids is 1. The number of amides is 1. The Morgan fingerprint density at radius 3 is 2.36 bits per heavy atom. The number of rotatable bonds is 4. The summed E-state index contributed by atoms with van der Waals surface area (Å²) < 4.78 is 0. The molecule has 0 aromatic carbocycles. The first-order chi connectivity index (χ1) is 6.54. The van der Waals surface area contributed by atoms with Gasteiger partial charge < -0.3 is 10.4 Å². The molecule has 4 heteroatoms. The average molecular weight is 199 g/mol. The van der Waals surface area contributed by atoms with Gasteiger partial charge in [-0.3, -0.25) is 9.59 Å². The van der Waals surface area contributed by atoms with Crippen LogP contribution in [0.1, 0.15) is 39.0 Å². The van der Waals surface area contributed by atoms with E-state index in [1.807, 2.05) is 0 Å². The molecule has 0 radical (unpaired) electrons. The minimum atomic E-state index is -0.766. The molecule has 1 aliphatic rings. The Bertz CT molecular complexity index is 232. The fourth-order valence-electron chi connectivity index (χ4n) is 2.17. The van der Waals surface area contributed by atoms with Crippen LogP contribution in [-0.4, -0.2) is 23.5 Å². The molecule has 1 rings (SSSR count). The first-order valence-electron chi connectivity index (χ1n) is 5.00. The SMILES string of the molecule is CC(=O)NCC1(CC(=O)O)CCCC1. The zero-order chi connectivity index (χ0) is 10.6. The summed E-state index contributed by atoms with van der Waals surface area (Å²) in [5, 5.41) is 11.5. The molecular formula is C10H17NO3. The highest BCUT2D eigenvalue weighted by atomic mass is 16.4. The Balaban J connectivity index is 2.52. The molecule has 0 spiro atoms. The summed E-state index contributed by atoms with van der Waals surface area (Å²) in [7, 11) is 0. The molecule has 0 aliphatic heterocycles. The van der Waals surface area contributed by atoms with Crippen molar-refractivity contribution in [2.75, 3.05) is 6.54 Å². The minimum absolute atomic E-state index is 0.0818. The van der Waals surface area contributed by atoms with Crippen molar-refractivity contribution in [3.8, 4) is 0 Å². The van der Waals surface area contributed by atoms with Crippen molar-refractivity contribution in [1.82, 2.24) is 5.32 Å². The number of carbonyl (C=O) groups excluding carboxylic acids is 1. The molecule has 0 saturated heterocycles. The second-order valence-corrected chi connectivity index (χ2v) is 4.19. The van der Waals surface area contributed by atoms with Gasteiger partial charge in [0.1, 0.15) is 0 Å². The van der Waals surface area contributed by atoms with Gasteiger partial charge in [-0.2, -0.15) is 0 Å². The third-order valence-corrected chi connectivity index (χ3v) is 2.90. The van der Waals surface area contributed by atoms with Crippen molar-refractivity contribution < 1.29 is 14.7 Å². The highest BCUT2D eigenvalue weighted by Gasteiger charge is 2.35. The van der Waals surface area contributed by atoms with Crippen molar-refractivity contribution in [3.63, 3.8) is 0 Å². The number of hydrogen-bond donors (Lipinski definition) is 2. The monoisotopic (exact) mass is 199 g/mol. The van der Waals surface area contributed by atoms with Gasteiger partial charge in [-0.1, -0.05) is 12.8 Å². The lowest BCUT2D eigenvalue weighted by Gasteiger charge is -2.26. The van der Waals surface area contributed by atoms with Gasteiger partial charge in [-0.15, -0.1) is 0 Å². The van der Waals surface area contributed by atoms with E-state index in [1.54, 1.807) is 0 Å². The number of hydrogen-bond acceptors (Lipinski definition) is 2. The second-order valence-electron chi connectivity index (χ2n) is 4.19. The molecule has 0 unspecified atom stereocenters. The van der Waals surface area contributed by atoms with E-state index < -0.39 is 5.97 Å². The fourth-order valence-corrected chi connectivity index (χ4v) is 2.17. The van der Waals surface area contributed by atoms with Crippen LogP contribution in [0.5, 0.6) is 0 Å². The summed E-state index contributed by atoms with van der Waals surface area (Å²) in [5.74, 6) is -0.848. The Morgan fingerprint density at radius 1 is 1.36 bits per heavy atom. The maximum Gasteiger partial charge on any atom is 0.303 e. The zero-order valence-corrected chi connectivity index (χ0v) is 8.51. The molecule has 0 atom stereocenters. The Labute approximate surface area is 83.7 Å². The third kappa shape index (κ3) is 3.01. The van der Waals surface area contributed by atoms with E-state index in [0.717, 1.165) is 25.7 Å². The molecule has 2 N–H and O–H groups in total. The summed E-state index contributed by atoms with van der Waals surface area (Å²) in [4.78, 5) is 21.5. The predicted molar refractivity (Wildman–Crippen MR) is 51.8 cm³/mol. The minimum Gasteiger partial charge on any atom is -0.481 e. The Morgan fingerprint density at radius 2 is 1.93 bits per heavy atom. The van der Waals surface area contributed by atoms with Crippen LogP contribution in [0, 0.1) is 5.41 Å². The van der Waals surface area contributed by atoms with Gasteiger partial charge in [0.25, 0.3) is 0 Å². The van der Waals surface area contributed by atoms with Crippen molar-refractivity contribution in [1.29, 1.82) is 0 Å². The molecule has 0 aromatic rings. The molecule has 0 aromatic heterocycles. The molecular weight excluding hydrogens is 182 g/mol. The molecule has 80 valence electrons. The first kappa shape index (κ1) is 11.0. The molecule has 1 aliphatic carbocycles. The summed E-state index contributed by atoms with van der Waals surface area (Å²) in [6.45, 7) is 1.97. The molecule has 1 fully saturated rings. The molecule has 0 bridgehead atoms. The van der Waals surface area contributed by atoms with E-state index in [-0.39, 0.29) is 17.7 Å². The normalized spacial score (nSPS) is 19.2. The van der Waals surface area contributed by atoms with Gasteiger partial charge >= 0.3 is 5.97 Å². The van der Waals surface area contributed by atoms with Crippen molar-refractivity contribution in [2.24, 2.45) is 5.41 Å². The van der Waals surface area contributed by atoms with E-state index >= 15 is 0 Å². The fraction of sp³-hybridized carbons (Fsp3) is 0.800. The van der Waals surface area contributed by atoms with E-state index in [0.29, 0.717) is 6.54 Å². The maximum absolute atomic E-state index is 10.8. The van der Waals surface area contributed by atoms with Crippen molar-refractivity contribution >= 4 is 11.9 Å². The summed E-state index contributed by atoms with van der Waals surface area (Å²) >= 11 is 0. The smallest absolute Gasteiger partial charge is 0.303 e.